The van der Waals surface area contributed by atoms with Crippen molar-refractivity contribution in [3.63, 3.8) is 0 Å². The molecule has 0 spiro atoms. The smallest absolute Gasteiger partial charge is 0.274 e. The van der Waals surface area contributed by atoms with E-state index >= 15 is 0 Å². The Morgan fingerprint density at radius 2 is 1.97 bits per heavy atom. The van der Waals surface area contributed by atoms with Gasteiger partial charge in [0.1, 0.15) is 5.69 Å². The fraction of sp³-hybridized carbons (Fsp3) is 0.350. The highest BCUT2D eigenvalue weighted by atomic mass is 16.2. The summed E-state index contributed by atoms with van der Waals surface area (Å²) in [5.74, 6) is -0.639. The van der Waals surface area contributed by atoms with Gasteiger partial charge in [-0.2, -0.15) is 10.2 Å². The SMILES string of the molecule is O=C(Nc1cn(C2CCC2)nc1C(=O)NC1CC1)c1cccc(-c2ccn[nH]2)n1. The Balaban J connectivity index is 1.40. The number of aromatic nitrogens is 5. The normalized spacial score (nSPS) is 16.3. The minimum Gasteiger partial charge on any atom is -0.348 e. The van der Waals surface area contributed by atoms with Crippen LogP contribution < -0.4 is 10.6 Å². The third-order valence-electron chi connectivity index (χ3n) is 5.32. The van der Waals surface area contributed by atoms with Gasteiger partial charge < -0.3 is 10.6 Å². The summed E-state index contributed by atoms with van der Waals surface area (Å²) in [5, 5.41) is 17.0. The van der Waals surface area contributed by atoms with E-state index in [0.29, 0.717) is 11.4 Å². The van der Waals surface area contributed by atoms with Gasteiger partial charge in [0.15, 0.2) is 5.69 Å². The van der Waals surface area contributed by atoms with E-state index in [1.165, 1.54) is 0 Å². The van der Waals surface area contributed by atoms with E-state index in [4.69, 9.17) is 0 Å². The summed E-state index contributed by atoms with van der Waals surface area (Å²) in [5.41, 5.74) is 2.26. The summed E-state index contributed by atoms with van der Waals surface area (Å²) in [4.78, 5) is 29.9. The van der Waals surface area contributed by atoms with Crippen LogP contribution in [-0.2, 0) is 0 Å². The van der Waals surface area contributed by atoms with Gasteiger partial charge in [0.25, 0.3) is 11.8 Å². The predicted octanol–water partition coefficient (Wildman–Crippen LogP) is 2.54. The van der Waals surface area contributed by atoms with Crippen LogP contribution in [0.25, 0.3) is 11.4 Å². The summed E-state index contributed by atoms with van der Waals surface area (Å²) in [6, 6.07) is 7.48. The zero-order valence-electron chi connectivity index (χ0n) is 15.8. The number of rotatable bonds is 6. The standard InChI is InChI=1S/C20H21N7O2/c28-19(16-6-2-5-14(23-16)15-9-10-21-25-15)24-17-11-27(13-3-1-4-13)26-18(17)20(29)22-12-7-8-12/h2,5-6,9-13H,1,3-4,7-8H2,(H,21,25)(H,22,29)(H,24,28). The van der Waals surface area contributed by atoms with Gasteiger partial charge in [0, 0.05) is 18.4 Å². The molecular formula is C20H21N7O2. The maximum atomic E-state index is 12.8. The molecule has 9 heteroatoms. The number of carbonyl (C=O) groups excluding carboxylic acids is 2. The van der Waals surface area contributed by atoms with Crippen LogP contribution in [0.15, 0.2) is 36.7 Å². The molecule has 0 saturated heterocycles. The molecule has 2 saturated carbocycles. The summed E-state index contributed by atoms with van der Waals surface area (Å²) >= 11 is 0. The summed E-state index contributed by atoms with van der Waals surface area (Å²) in [6.45, 7) is 0. The zero-order chi connectivity index (χ0) is 19.8. The molecular weight excluding hydrogens is 370 g/mol. The number of amides is 2. The number of carbonyl (C=O) groups is 2. The number of nitrogens with one attached hydrogen (secondary N) is 3. The predicted molar refractivity (Wildman–Crippen MR) is 105 cm³/mol. The number of hydrogen-bond donors (Lipinski definition) is 3. The first-order valence-electron chi connectivity index (χ1n) is 9.85. The highest BCUT2D eigenvalue weighted by Crippen LogP contribution is 2.32. The average molecular weight is 391 g/mol. The van der Waals surface area contributed by atoms with Crippen LogP contribution in [0.5, 0.6) is 0 Å². The molecule has 9 nitrogen and oxygen atoms in total. The maximum absolute atomic E-state index is 12.8. The monoisotopic (exact) mass is 391 g/mol. The van der Waals surface area contributed by atoms with Gasteiger partial charge in [-0.25, -0.2) is 4.98 Å². The Kier molecular flexibility index (Phi) is 4.34. The second kappa shape index (κ2) is 7.16. The topological polar surface area (TPSA) is 118 Å². The van der Waals surface area contributed by atoms with Crippen LogP contribution in [0.1, 0.15) is 59.1 Å². The first kappa shape index (κ1) is 17.6. The van der Waals surface area contributed by atoms with E-state index in [1.54, 1.807) is 41.3 Å². The first-order chi connectivity index (χ1) is 14.2. The number of pyridine rings is 1. The van der Waals surface area contributed by atoms with E-state index in [9.17, 15) is 9.59 Å². The first-order valence-corrected chi connectivity index (χ1v) is 9.85. The fourth-order valence-corrected chi connectivity index (χ4v) is 3.27. The lowest BCUT2D eigenvalue weighted by Crippen LogP contribution is -2.27. The van der Waals surface area contributed by atoms with Crippen molar-refractivity contribution in [3.8, 4) is 11.4 Å². The molecule has 0 bridgehead atoms. The Labute approximate surface area is 166 Å². The van der Waals surface area contributed by atoms with Crippen LogP contribution >= 0.6 is 0 Å². The highest BCUT2D eigenvalue weighted by Gasteiger charge is 2.29. The summed E-state index contributed by atoms with van der Waals surface area (Å²) in [7, 11) is 0. The molecule has 0 aromatic carbocycles. The van der Waals surface area contributed by atoms with Crippen molar-refractivity contribution in [2.75, 3.05) is 5.32 Å². The number of hydrogen-bond acceptors (Lipinski definition) is 5. The van der Waals surface area contributed by atoms with Crippen molar-refractivity contribution in [2.45, 2.75) is 44.2 Å². The van der Waals surface area contributed by atoms with Crippen molar-refractivity contribution >= 4 is 17.5 Å². The van der Waals surface area contributed by atoms with E-state index in [-0.39, 0.29) is 35.3 Å². The molecule has 3 heterocycles. The minimum atomic E-state index is -0.389. The molecule has 148 valence electrons. The Morgan fingerprint density at radius 3 is 2.66 bits per heavy atom. The number of anilines is 1. The van der Waals surface area contributed by atoms with E-state index in [0.717, 1.165) is 37.8 Å². The van der Waals surface area contributed by atoms with Gasteiger partial charge >= 0.3 is 0 Å². The number of aromatic amines is 1. The largest absolute Gasteiger partial charge is 0.348 e. The number of nitrogens with zero attached hydrogens (tertiary/aromatic N) is 4. The Bertz CT molecular complexity index is 1050. The lowest BCUT2D eigenvalue weighted by molar-refractivity contribution is 0.0945. The van der Waals surface area contributed by atoms with Crippen molar-refractivity contribution in [1.29, 1.82) is 0 Å². The van der Waals surface area contributed by atoms with Gasteiger partial charge in [-0.1, -0.05) is 6.07 Å². The molecule has 3 aromatic rings. The van der Waals surface area contributed by atoms with Crippen LogP contribution in [-0.4, -0.2) is 42.8 Å². The van der Waals surface area contributed by atoms with Crippen LogP contribution in [0.4, 0.5) is 5.69 Å². The highest BCUT2D eigenvalue weighted by molar-refractivity contribution is 6.07. The van der Waals surface area contributed by atoms with E-state index < -0.39 is 0 Å². The lowest BCUT2D eigenvalue weighted by atomic mass is 9.93. The molecule has 0 unspecified atom stereocenters. The van der Waals surface area contributed by atoms with Crippen molar-refractivity contribution in [2.24, 2.45) is 0 Å². The molecule has 3 N–H and O–H groups in total. The van der Waals surface area contributed by atoms with Crippen LogP contribution in [0, 0.1) is 0 Å². The molecule has 2 amide bonds. The van der Waals surface area contributed by atoms with Gasteiger partial charge in [-0.3, -0.25) is 19.4 Å². The zero-order valence-corrected chi connectivity index (χ0v) is 15.8. The Hall–Kier alpha value is -3.49. The second-order valence-electron chi connectivity index (χ2n) is 7.54. The molecule has 2 aliphatic carbocycles. The van der Waals surface area contributed by atoms with Gasteiger partial charge in [-0.05, 0) is 50.3 Å². The van der Waals surface area contributed by atoms with Crippen molar-refractivity contribution in [3.05, 3.63) is 48.0 Å². The molecule has 0 radical (unpaired) electrons. The minimum absolute atomic E-state index is 0.215. The Morgan fingerprint density at radius 1 is 1.10 bits per heavy atom. The van der Waals surface area contributed by atoms with Gasteiger partial charge in [-0.15, -0.1) is 0 Å². The molecule has 2 aliphatic rings. The summed E-state index contributed by atoms with van der Waals surface area (Å²) in [6.07, 6.45) is 8.58. The van der Waals surface area contributed by atoms with Gasteiger partial charge in [0.05, 0.1) is 23.1 Å². The quantitative estimate of drug-likeness (QED) is 0.597. The molecule has 3 aromatic heterocycles. The second-order valence-corrected chi connectivity index (χ2v) is 7.54. The molecule has 5 rings (SSSR count). The van der Waals surface area contributed by atoms with Crippen molar-refractivity contribution < 1.29 is 9.59 Å². The average Bonchev–Trinajstić information content (AvgIpc) is 3.17. The van der Waals surface area contributed by atoms with Crippen LogP contribution in [0.2, 0.25) is 0 Å². The summed E-state index contributed by atoms with van der Waals surface area (Å²) < 4.78 is 1.80. The molecule has 2 fully saturated rings. The van der Waals surface area contributed by atoms with E-state index in [2.05, 4.69) is 30.9 Å². The van der Waals surface area contributed by atoms with Crippen molar-refractivity contribution in [1.82, 2.24) is 30.3 Å². The number of H-pyrrole nitrogens is 1. The third kappa shape index (κ3) is 3.63. The maximum Gasteiger partial charge on any atom is 0.274 e. The van der Waals surface area contributed by atoms with E-state index in [1.807, 2.05) is 0 Å². The molecule has 0 aliphatic heterocycles. The van der Waals surface area contributed by atoms with Gasteiger partial charge in [0.2, 0.25) is 0 Å². The molecule has 29 heavy (non-hydrogen) atoms. The lowest BCUT2D eigenvalue weighted by Gasteiger charge is -2.25. The van der Waals surface area contributed by atoms with Crippen LogP contribution in [0.3, 0.4) is 0 Å². The fourth-order valence-electron chi connectivity index (χ4n) is 3.27. The molecule has 0 atom stereocenters. The third-order valence-corrected chi connectivity index (χ3v) is 5.32.